The van der Waals surface area contributed by atoms with Gasteiger partial charge < -0.3 is 4.90 Å². The first-order chi connectivity index (χ1) is 9.30. The lowest BCUT2D eigenvalue weighted by atomic mass is 10.1. The lowest BCUT2D eigenvalue weighted by Crippen LogP contribution is -2.35. The van der Waals surface area contributed by atoms with Crippen LogP contribution in [0.4, 0.5) is 4.39 Å². The molecule has 1 aliphatic rings. The first kappa shape index (κ1) is 15.7. The molecular weight excluding hydrogens is 373 g/mol. The maximum Gasteiger partial charge on any atom is 0.262 e. The Bertz CT molecular complexity index is 644. The average molecular weight is 385 g/mol. The van der Waals surface area contributed by atoms with E-state index in [1.807, 2.05) is 0 Å². The Balaban J connectivity index is 2.42. The van der Waals surface area contributed by atoms with Gasteiger partial charge in [0, 0.05) is 29.3 Å². The third kappa shape index (κ3) is 3.32. The number of amides is 1. The van der Waals surface area contributed by atoms with Gasteiger partial charge in [0.2, 0.25) is 0 Å². The van der Waals surface area contributed by atoms with E-state index in [0.717, 1.165) is 31.4 Å². The predicted octanol–water partition coefficient (Wildman–Crippen LogP) is 3.14. The molecule has 110 valence electrons. The van der Waals surface area contributed by atoms with Crippen molar-refractivity contribution >= 4 is 41.6 Å². The minimum Gasteiger partial charge on any atom is -0.339 e. The van der Waals surface area contributed by atoms with Gasteiger partial charge in [0.25, 0.3) is 15.0 Å². The Labute approximate surface area is 129 Å². The van der Waals surface area contributed by atoms with E-state index in [-0.39, 0.29) is 15.9 Å². The Kier molecular flexibility index (Phi) is 4.71. The Hall–Kier alpha value is -0.660. The summed E-state index contributed by atoms with van der Waals surface area (Å²) in [6.45, 7) is 1.19. The molecule has 1 fully saturated rings. The zero-order valence-corrected chi connectivity index (χ0v) is 13.6. The van der Waals surface area contributed by atoms with Gasteiger partial charge in [-0.1, -0.05) is 0 Å². The summed E-state index contributed by atoms with van der Waals surface area (Å²) in [6.07, 6.45) is 2.84. The third-order valence-corrected chi connectivity index (χ3v) is 5.56. The first-order valence-electron chi connectivity index (χ1n) is 6.03. The molecule has 0 spiro atoms. The van der Waals surface area contributed by atoms with Crippen LogP contribution in [0.15, 0.2) is 21.5 Å². The van der Waals surface area contributed by atoms with Crippen molar-refractivity contribution in [2.75, 3.05) is 13.1 Å². The smallest absolute Gasteiger partial charge is 0.262 e. The molecule has 1 aromatic rings. The second kappa shape index (κ2) is 5.99. The second-order valence-corrected chi connectivity index (χ2v) is 7.89. The summed E-state index contributed by atoms with van der Waals surface area (Å²) in [5.41, 5.74) is -0.00757. The van der Waals surface area contributed by atoms with Crippen molar-refractivity contribution in [3.63, 3.8) is 0 Å². The van der Waals surface area contributed by atoms with Crippen molar-refractivity contribution in [1.82, 2.24) is 4.90 Å². The molecule has 0 radical (unpaired) electrons. The fourth-order valence-electron chi connectivity index (χ4n) is 2.14. The highest BCUT2D eigenvalue weighted by Crippen LogP contribution is 2.29. The molecule has 0 unspecified atom stereocenters. The standard InChI is InChI=1S/C12H12BrClFNO3S/c13-11-9(15)6-8(7-10(11)20(14,18)19)12(17)16-4-2-1-3-5-16/h6-7H,1-5H2. The van der Waals surface area contributed by atoms with Crippen LogP contribution in [0.2, 0.25) is 0 Å². The fourth-order valence-corrected chi connectivity index (χ4v) is 4.24. The number of nitrogens with zero attached hydrogens (tertiary/aromatic N) is 1. The largest absolute Gasteiger partial charge is 0.339 e. The van der Waals surface area contributed by atoms with Crippen LogP contribution in [0.5, 0.6) is 0 Å². The molecule has 0 aliphatic carbocycles. The number of rotatable bonds is 2. The maximum atomic E-state index is 13.8. The molecule has 2 rings (SSSR count). The van der Waals surface area contributed by atoms with Crippen molar-refractivity contribution in [2.24, 2.45) is 0 Å². The molecule has 1 amide bonds. The zero-order chi connectivity index (χ0) is 14.9. The molecule has 0 bridgehead atoms. The van der Waals surface area contributed by atoms with E-state index in [4.69, 9.17) is 10.7 Å². The number of hydrogen-bond acceptors (Lipinski definition) is 3. The van der Waals surface area contributed by atoms with Gasteiger partial charge in [0.15, 0.2) is 0 Å². The predicted molar refractivity (Wildman–Crippen MR) is 76.9 cm³/mol. The zero-order valence-electron chi connectivity index (χ0n) is 10.4. The molecule has 0 N–H and O–H groups in total. The summed E-state index contributed by atoms with van der Waals surface area (Å²) in [4.78, 5) is 13.4. The van der Waals surface area contributed by atoms with Gasteiger partial charge in [0.05, 0.1) is 4.47 Å². The third-order valence-electron chi connectivity index (χ3n) is 3.15. The summed E-state index contributed by atoms with van der Waals surface area (Å²) in [5.74, 6) is -1.20. The molecule has 0 saturated carbocycles. The first-order valence-corrected chi connectivity index (χ1v) is 9.14. The molecule has 4 nitrogen and oxygen atoms in total. The van der Waals surface area contributed by atoms with Crippen LogP contribution in [-0.4, -0.2) is 32.3 Å². The van der Waals surface area contributed by atoms with Crippen LogP contribution in [0, 0.1) is 5.82 Å². The highest BCUT2D eigenvalue weighted by molar-refractivity contribution is 9.10. The minimum absolute atomic E-state index is 0.00757. The molecule has 0 aromatic heterocycles. The van der Waals surface area contributed by atoms with Crippen molar-refractivity contribution in [1.29, 1.82) is 0 Å². The number of carbonyl (C=O) groups excluding carboxylic acids is 1. The number of carbonyl (C=O) groups is 1. The number of piperidine rings is 1. The molecule has 1 heterocycles. The van der Waals surface area contributed by atoms with Crippen molar-refractivity contribution in [3.8, 4) is 0 Å². The number of halogens is 3. The minimum atomic E-state index is -4.13. The highest BCUT2D eigenvalue weighted by atomic mass is 79.9. The average Bonchev–Trinajstić information content (AvgIpc) is 2.40. The van der Waals surface area contributed by atoms with Crippen LogP contribution < -0.4 is 0 Å². The van der Waals surface area contributed by atoms with E-state index in [1.54, 1.807) is 4.90 Å². The summed E-state index contributed by atoms with van der Waals surface area (Å²) in [5, 5.41) is 0. The van der Waals surface area contributed by atoms with E-state index in [9.17, 15) is 17.6 Å². The van der Waals surface area contributed by atoms with E-state index < -0.39 is 19.8 Å². The van der Waals surface area contributed by atoms with Crippen LogP contribution in [-0.2, 0) is 9.05 Å². The Morgan fingerprint density at radius 3 is 2.40 bits per heavy atom. The quantitative estimate of drug-likeness (QED) is 0.736. The van der Waals surface area contributed by atoms with E-state index in [0.29, 0.717) is 13.1 Å². The van der Waals surface area contributed by atoms with Gasteiger partial charge >= 0.3 is 0 Å². The molecule has 8 heteroatoms. The molecule has 1 aliphatic heterocycles. The van der Waals surface area contributed by atoms with Gasteiger partial charge in [-0.25, -0.2) is 12.8 Å². The lowest BCUT2D eigenvalue weighted by molar-refractivity contribution is 0.0723. The summed E-state index contributed by atoms with van der Waals surface area (Å²) < 4.78 is 36.3. The van der Waals surface area contributed by atoms with Gasteiger partial charge in [-0.3, -0.25) is 4.79 Å². The van der Waals surface area contributed by atoms with E-state index in [1.165, 1.54) is 0 Å². The van der Waals surface area contributed by atoms with Crippen LogP contribution in [0.3, 0.4) is 0 Å². The van der Waals surface area contributed by atoms with Crippen molar-refractivity contribution in [2.45, 2.75) is 24.2 Å². The Morgan fingerprint density at radius 2 is 1.85 bits per heavy atom. The van der Waals surface area contributed by atoms with E-state index in [2.05, 4.69) is 15.9 Å². The summed E-state index contributed by atoms with van der Waals surface area (Å²) >= 11 is 2.83. The SMILES string of the molecule is O=C(c1cc(F)c(Br)c(S(=O)(=O)Cl)c1)N1CCCCC1. The van der Waals surface area contributed by atoms with Gasteiger partial charge in [-0.15, -0.1) is 0 Å². The van der Waals surface area contributed by atoms with E-state index >= 15 is 0 Å². The lowest BCUT2D eigenvalue weighted by Gasteiger charge is -2.26. The molecule has 20 heavy (non-hydrogen) atoms. The maximum absolute atomic E-state index is 13.8. The second-order valence-electron chi connectivity index (χ2n) is 4.56. The monoisotopic (exact) mass is 383 g/mol. The van der Waals surface area contributed by atoms with Crippen LogP contribution in [0.25, 0.3) is 0 Å². The molecular formula is C12H12BrClFNO3S. The van der Waals surface area contributed by atoms with Gasteiger partial charge in [0.1, 0.15) is 10.7 Å². The molecule has 0 atom stereocenters. The normalized spacial score (nSPS) is 16.2. The van der Waals surface area contributed by atoms with Crippen LogP contribution >= 0.6 is 26.6 Å². The molecule has 1 aromatic carbocycles. The highest BCUT2D eigenvalue weighted by Gasteiger charge is 2.24. The Morgan fingerprint density at radius 1 is 1.25 bits per heavy atom. The number of hydrogen-bond donors (Lipinski definition) is 0. The fraction of sp³-hybridized carbons (Fsp3) is 0.417. The van der Waals surface area contributed by atoms with Crippen LogP contribution in [0.1, 0.15) is 29.6 Å². The number of benzene rings is 1. The van der Waals surface area contributed by atoms with Gasteiger partial charge in [-0.05, 0) is 47.3 Å². The summed E-state index contributed by atoms with van der Waals surface area (Å²) in [7, 11) is 1.12. The number of likely N-dealkylation sites (tertiary alicyclic amines) is 1. The topological polar surface area (TPSA) is 54.5 Å². The van der Waals surface area contributed by atoms with Gasteiger partial charge in [-0.2, -0.15) is 0 Å². The molecule has 1 saturated heterocycles. The van der Waals surface area contributed by atoms with Crippen molar-refractivity contribution < 1.29 is 17.6 Å². The van der Waals surface area contributed by atoms with Crippen molar-refractivity contribution in [3.05, 3.63) is 28.0 Å². The summed E-state index contributed by atoms with van der Waals surface area (Å²) in [6, 6.07) is 2.12.